The molecule has 0 fully saturated rings. The first-order valence-electron chi connectivity index (χ1n) is 8.06. The number of carboxylic acids is 1. The molecule has 1 unspecified atom stereocenters. The average Bonchev–Trinajstić information content (AvgIpc) is 2.77. The lowest BCUT2D eigenvalue weighted by atomic mass is 10.00. The molecular weight excluding hydrogens is 359 g/mol. The lowest BCUT2D eigenvalue weighted by Crippen LogP contribution is -2.48. The van der Waals surface area contributed by atoms with E-state index in [0.29, 0.717) is 27.5 Å². The van der Waals surface area contributed by atoms with Crippen molar-refractivity contribution < 1.29 is 14.3 Å². The number of hydrazine groups is 1. The number of carbonyl (C=O) groups is 1. The van der Waals surface area contributed by atoms with Crippen LogP contribution in [0.3, 0.4) is 0 Å². The third-order valence-electron chi connectivity index (χ3n) is 4.19. The number of nitrogens with two attached hydrogens (primary N) is 1. The summed E-state index contributed by atoms with van der Waals surface area (Å²) in [4.78, 5) is 15.7. The summed E-state index contributed by atoms with van der Waals surface area (Å²) in [6.45, 7) is 0. The van der Waals surface area contributed by atoms with Crippen LogP contribution < -0.4 is 16.6 Å². The second-order valence-electron chi connectivity index (χ2n) is 5.94. The lowest BCUT2D eigenvalue weighted by molar-refractivity contribution is -0.137. The number of benzene rings is 2. The lowest BCUT2D eigenvalue weighted by Gasteiger charge is -2.23. The van der Waals surface area contributed by atoms with Gasteiger partial charge in [0, 0.05) is 28.3 Å². The van der Waals surface area contributed by atoms with Crippen LogP contribution in [-0.4, -0.2) is 29.0 Å². The van der Waals surface area contributed by atoms with Crippen LogP contribution in [0.1, 0.15) is 24.0 Å². The highest BCUT2D eigenvalue weighted by atomic mass is 35.5. The molecule has 1 heterocycles. The van der Waals surface area contributed by atoms with E-state index in [0.717, 1.165) is 0 Å². The van der Waals surface area contributed by atoms with Gasteiger partial charge in [0.1, 0.15) is 12.0 Å². The van der Waals surface area contributed by atoms with E-state index in [1.165, 1.54) is 6.07 Å². The van der Waals surface area contributed by atoms with Crippen molar-refractivity contribution in [2.24, 2.45) is 10.8 Å². The van der Waals surface area contributed by atoms with E-state index in [9.17, 15) is 9.18 Å². The van der Waals surface area contributed by atoms with Crippen LogP contribution in [0.5, 0.6) is 0 Å². The predicted molar refractivity (Wildman–Crippen MR) is 98.9 cm³/mol. The van der Waals surface area contributed by atoms with E-state index in [2.05, 4.69) is 15.7 Å². The molecule has 2 atom stereocenters. The third kappa shape index (κ3) is 3.85. The van der Waals surface area contributed by atoms with Gasteiger partial charge >= 0.3 is 5.97 Å². The van der Waals surface area contributed by atoms with Crippen LogP contribution in [0.4, 0.5) is 10.1 Å². The monoisotopic (exact) mass is 376 g/mol. The van der Waals surface area contributed by atoms with Gasteiger partial charge in [0.2, 0.25) is 0 Å². The molecule has 2 aromatic rings. The van der Waals surface area contributed by atoms with Gasteiger partial charge in [0.15, 0.2) is 0 Å². The Morgan fingerprint density at radius 3 is 2.77 bits per heavy atom. The molecular formula is C18H18ClFN4O2. The van der Waals surface area contributed by atoms with E-state index in [1.807, 2.05) is 0 Å². The molecule has 0 saturated heterocycles. The van der Waals surface area contributed by atoms with Gasteiger partial charge in [-0.15, -0.1) is 0 Å². The molecule has 136 valence electrons. The van der Waals surface area contributed by atoms with Gasteiger partial charge in [-0.2, -0.15) is 0 Å². The molecule has 0 bridgehead atoms. The highest BCUT2D eigenvalue weighted by molar-refractivity contribution is 6.31. The van der Waals surface area contributed by atoms with Crippen LogP contribution in [0, 0.1) is 5.82 Å². The maximum absolute atomic E-state index is 14.5. The summed E-state index contributed by atoms with van der Waals surface area (Å²) in [6.07, 6.45) is -0.370. The molecule has 0 aromatic heterocycles. The first-order valence-corrected chi connectivity index (χ1v) is 8.44. The van der Waals surface area contributed by atoms with Gasteiger partial charge < -0.3 is 10.4 Å². The molecule has 0 saturated carbocycles. The fourth-order valence-corrected chi connectivity index (χ4v) is 3.11. The van der Waals surface area contributed by atoms with E-state index < -0.39 is 24.0 Å². The molecule has 1 aliphatic heterocycles. The molecule has 3 rings (SSSR count). The Labute approximate surface area is 154 Å². The van der Waals surface area contributed by atoms with E-state index in [-0.39, 0.29) is 12.8 Å². The predicted octanol–water partition coefficient (Wildman–Crippen LogP) is 2.76. The van der Waals surface area contributed by atoms with Crippen LogP contribution in [-0.2, 0) is 4.79 Å². The van der Waals surface area contributed by atoms with Gasteiger partial charge in [0.25, 0.3) is 0 Å². The maximum atomic E-state index is 14.5. The maximum Gasteiger partial charge on any atom is 0.303 e. The third-order valence-corrected chi connectivity index (χ3v) is 4.43. The molecule has 0 radical (unpaired) electrons. The van der Waals surface area contributed by atoms with Gasteiger partial charge in [-0.25, -0.2) is 9.82 Å². The Kier molecular flexibility index (Phi) is 5.51. The number of nitrogens with zero attached hydrogens (tertiary/aromatic N) is 1. The minimum atomic E-state index is -0.937. The Bertz CT molecular complexity index is 859. The number of nitrogens with one attached hydrogen (secondary N) is 2. The van der Waals surface area contributed by atoms with Gasteiger partial charge in [-0.3, -0.25) is 15.6 Å². The fourth-order valence-electron chi connectivity index (χ4n) is 2.94. The second-order valence-corrected chi connectivity index (χ2v) is 6.37. The molecule has 8 heteroatoms. The number of hydrogen-bond acceptors (Lipinski definition) is 5. The zero-order chi connectivity index (χ0) is 18.7. The Morgan fingerprint density at radius 1 is 1.31 bits per heavy atom. The SMILES string of the molecule is NN[C@@H]1Nc2ccc(Cl)cc2C(c2ccccc2F)=NC1CCC(=O)O. The molecule has 0 spiro atoms. The minimum absolute atomic E-state index is 0.0876. The summed E-state index contributed by atoms with van der Waals surface area (Å²) < 4.78 is 14.5. The van der Waals surface area contributed by atoms with Gasteiger partial charge in [-0.05, 0) is 36.8 Å². The van der Waals surface area contributed by atoms with Crippen molar-refractivity contribution in [3.8, 4) is 0 Å². The standard InChI is InChI=1S/C18H18ClFN4O2/c19-10-5-6-14-12(9-10)17(11-3-1-2-4-13(11)20)22-15(7-8-16(25)26)18(23-14)24-21/h1-6,9,15,18,23-24H,7-8,21H2,(H,25,26)/t15?,18-/m0/s1. The number of aliphatic imine (C=N–C) groups is 1. The second kappa shape index (κ2) is 7.82. The topological polar surface area (TPSA) is 99.7 Å². The van der Waals surface area contributed by atoms with E-state index in [1.54, 1.807) is 36.4 Å². The van der Waals surface area contributed by atoms with Crippen molar-refractivity contribution in [1.29, 1.82) is 0 Å². The smallest absolute Gasteiger partial charge is 0.303 e. The van der Waals surface area contributed by atoms with Crippen LogP contribution in [0.2, 0.25) is 5.02 Å². The number of benzodiazepines with no additional fused rings is 1. The van der Waals surface area contributed by atoms with E-state index in [4.69, 9.17) is 22.6 Å². The van der Waals surface area contributed by atoms with Crippen molar-refractivity contribution in [1.82, 2.24) is 5.43 Å². The fraction of sp³-hybridized carbons (Fsp3) is 0.222. The molecule has 0 aliphatic carbocycles. The van der Waals surface area contributed by atoms with Crippen LogP contribution in [0.25, 0.3) is 0 Å². The number of aliphatic carboxylic acids is 1. The minimum Gasteiger partial charge on any atom is -0.481 e. The molecule has 1 aliphatic rings. The summed E-state index contributed by atoms with van der Waals surface area (Å²) in [5.74, 6) is 4.28. The average molecular weight is 377 g/mol. The summed E-state index contributed by atoms with van der Waals surface area (Å²) in [5.41, 5.74) is 4.65. The van der Waals surface area contributed by atoms with Crippen molar-refractivity contribution in [2.45, 2.75) is 25.0 Å². The number of carboxylic acid groups (broad SMARTS) is 1. The number of anilines is 1. The summed E-state index contributed by atoms with van der Waals surface area (Å²) in [6, 6.07) is 10.9. The van der Waals surface area contributed by atoms with E-state index >= 15 is 0 Å². The molecule has 26 heavy (non-hydrogen) atoms. The van der Waals surface area contributed by atoms with Crippen molar-refractivity contribution in [3.05, 3.63) is 64.4 Å². The first kappa shape index (κ1) is 18.3. The molecule has 6 nitrogen and oxygen atoms in total. The Balaban J connectivity index is 2.15. The summed E-state index contributed by atoms with van der Waals surface area (Å²) >= 11 is 6.14. The highest BCUT2D eigenvalue weighted by Crippen LogP contribution is 2.29. The van der Waals surface area contributed by atoms with Crippen LogP contribution in [0.15, 0.2) is 47.5 Å². The zero-order valence-electron chi connectivity index (χ0n) is 13.7. The highest BCUT2D eigenvalue weighted by Gasteiger charge is 2.28. The normalized spacial score (nSPS) is 19.1. The molecule has 5 N–H and O–H groups in total. The first-order chi connectivity index (χ1) is 12.5. The Morgan fingerprint density at radius 2 is 2.08 bits per heavy atom. The Hall–Kier alpha value is -2.48. The van der Waals surface area contributed by atoms with Crippen LogP contribution >= 0.6 is 11.6 Å². The number of rotatable bonds is 5. The summed E-state index contributed by atoms with van der Waals surface area (Å²) in [7, 11) is 0. The molecule has 2 aromatic carbocycles. The number of fused-ring (bicyclic) bond motifs is 1. The van der Waals surface area contributed by atoms with Crippen molar-refractivity contribution in [3.63, 3.8) is 0 Å². The van der Waals surface area contributed by atoms with Crippen molar-refractivity contribution in [2.75, 3.05) is 5.32 Å². The molecule has 0 amide bonds. The number of hydrogen-bond donors (Lipinski definition) is 4. The van der Waals surface area contributed by atoms with Gasteiger partial charge in [-0.1, -0.05) is 23.7 Å². The van der Waals surface area contributed by atoms with Crippen molar-refractivity contribution >= 4 is 29.0 Å². The zero-order valence-corrected chi connectivity index (χ0v) is 14.5. The largest absolute Gasteiger partial charge is 0.481 e. The van der Waals surface area contributed by atoms with Gasteiger partial charge in [0.05, 0.1) is 11.8 Å². The summed E-state index contributed by atoms with van der Waals surface area (Å²) in [5, 5.41) is 12.7. The quantitative estimate of drug-likeness (QED) is 0.475. The number of halogens is 2.